The third kappa shape index (κ3) is 1.75. The zero-order chi connectivity index (χ0) is 11.2. The van der Waals surface area contributed by atoms with Crippen molar-refractivity contribution >= 4 is 29.0 Å². The number of aliphatic imine (C=N–C) groups is 1. The summed E-state index contributed by atoms with van der Waals surface area (Å²) < 4.78 is 26.0. The summed E-state index contributed by atoms with van der Waals surface area (Å²) in [6.45, 7) is -0.172. The van der Waals surface area contributed by atoms with Crippen molar-refractivity contribution in [3.05, 3.63) is 23.9 Å². The van der Waals surface area contributed by atoms with Crippen molar-refractivity contribution in [1.82, 2.24) is 4.90 Å². The van der Waals surface area contributed by atoms with Crippen LogP contribution < -0.4 is 0 Å². The fourth-order valence-electron chi connectivity index (χ4n) is 1.40. The summed E-state index contributed by atoms with van der Waals surface area (Å²) in [5.74, 6) is -1.78. The zero-order valence-electron chi connectivity index (χ0n) is 7.29. The molecule has 7 heteroatoms. The van der Waals surface area contributed by atoms with Crippen molar-refractivity contribution in [2.45, 2.75) is 10.6 Å². The molecule has 82 valence electrons. The Morgan fingerprint density at radius 1 is 1.53 bits per heavy atom. The van der Waals surface area contributed by atoms with Crippen LogP contribution in [-0.2, 0) is 0 Å². The van der Waals surface area contributed by atoms with Crippen molar-refractivity contribution in [2.75, 3.05) is 6.54 Å². The van der Waals surface area contributed by atoms with Gasteiger partial charge in [0, 0.05) is 12.3 Å². The Labute approximate surface area is 94.3 Å². The van der Waals surface area contributed by atoms with Gasteiger partial charge >= 0.3 is 0 Å². The molecule has 0 saturated carbocycles. The van der Waals surface area contributed by atoms with E-state index in [1.807, 2.05) is 0 Å². The lowest BCUT2D eigenvalue weighted by molar-refractivity contribution is 0.0646. The largest absolute Gasteiger partial charge is 0.366 e. The molecular formula is C8H6Cl2F2N2O. The number of halogens is 4. The van der Waals surface area contributed by atoms with Crippen LogP contribution in [0.1, 0.15) is 0 Å². The fraction of sp³-hybridized carbons (Fsp3) is 0.375. The number of aliphatic hydroxyl groups is 1. The molecule has 2 aliphatic heterocycles. The summed E-state index contributed by atoms with van der Waals surface area (Å²) in [7, 11) is 0. The second-order valence-corrected chi connectivity index (χ2v) is 4.35. The summed E-state index contributed by atoms with van der Waals surface area (Å²) >= 11 is 11.0. The van der Waals surface area contributed by atoms with Crippen LogP contribution in [0, 0.1) is 0 Å². The number of hydrogen-bond acceptors (Lipinski definition) is 3. The Bertz CT molecular complexity index is 394. The predicted molar refractivity (Wildman–Crippen MR) is 53.0 cm³/mol. The number of amidine groups is 1. The molecule has 1 unspecified atom stereocenters. The van der Waals surface area contributed by atoms with Crippen LogP contribution in [-0.4, -0.2) is 32.9 Å². The molecule has 0 radical (unpaired) electrons. The second kappa shape index (κ2) is 3.43. The van der Waals surface area contributed by atoms with Gasteiger partial charge in [0.05, 0.1) is 6.54 Å². The van der Waals surface area contributed by atoms with Crippen LogP contribution in [0.3, 0.4) is 0 Å². The number of hydrogen-bond donors (Lipinski definition) is 1. The molecule has 0 amide bonds. The first-order valence-corrected chi connectivity index (χ1v) is 4.91. The lowest BCUT2D eigenvalue weighted by Crippen LogP contribution is -2.39. The minimum absolute atomic E-state index is 0.162. The monoisotopic (exact) mass is 254 g/mol. The van der Waals surface area contributed by atoms with Crippen LogP contribution in [0.4, 0.5) is 8.78 Å². The smallest absolute Gasteiger partial charge is 0.206 e. The van der Waals surface area contributed by atoms with Gasteiger partial charge in [-0.25, -0.2) is 13.8 Å². The molecule has 0 spiro atoms. The molecule has 0 aliphatic carbocycles. The average Bonchev–Trinajstić information content (AvgIpc) is 2.43. The average molecular weight is 255 g/mol. The van der Waals surface area contributed by atoms with E-state index < -0.39 is 22.2 Å². The molecule has 0 aromatic heterocycles. The molecule has 0 bridgehead atoms. The predicted octanol–water partition coefficient (Wildman–Crippen LogP) is 1.87. The van der Waals surface area contributed by atoms with Crippen molar-refractivity contribution < 1.29 is 13.9 Å². The standard InChI is InChI=1S/C8H6Cl2F2N2O/c9-7(10)8(15)3-14-2-4(11)1-5(12)6(14)13-8/h1-2,7,15H,3H2. The van der Waals surface area contributed by atoms with Crippen LogP contribution >= 0.6 is 23.2 Å². The molecule has 1 N–H and O–H groups in total. The van der Waals surface area contributed by atoms with Crippen LogP contribution in [0.2, 0.25) is 0 Å². The number of nitrogens with zero attached hydrogens (tertiary/aromatic N) is 2. The molecule has 0 saturated heterocycles. The van der Waals surface area contributed by atoms with Gasteiger partial charge in [0.15, 0.2) is 16.5 Å². The highest BCUT2D eigenvalue weighted by molar-refractivity contribution is 6.45. The van der Waals surface area contributed by atoms with Gasteiger partial charge < -0.3 is 10.0 Å². The molecular weight excluding hydrogens is 249 g/mol. The fourth-order valence-corrected chi connectivity index (χ4v) is 1.63. The molecule has 2 rings (SSSR count). The number of rotatable bonds is 1. The molecule has 2 heterocycles. The zero-order valence-corrected chi connectivity index (χ0v) is 8.80. The number of allylic oxidation sites excluding steroid dienone is 2. The summed E-state index contributed by atoms with van der Waals surface area (Å²) in [6.07, 6.45) is 1.70. The Kier molecular flexibility index (Phi) is 2.48. The Balaban J connectivity index is 2.37. The Morgan fingerprint density at radius 3 is 2.80 bits per heavy atom. The van der Waals surface area contributed by atoms with Gasteiger partial charge in [-0.1, -0.05) is 23.2 Å². The van der Waals surface area contributed by atoms with Crippen LogP contribution in [0.15, 0.2) is 28.9 Å². The van der Waals surface area contributed by atoms with E-state index in [9.17, 15) is 13.9 Å². The quantitative estimate of drug-likeness (QED) is 0.726. The van der Waals surface area contributed by atoms with Gasteiger partial charge in [-0.05, 0) is 0 Å². The molecule has 1 atom stereocenters. The first-order valence-electron chi connectivity index (χ1n) is 4.04. The minimum Gasteiger partial charge on any atom is -0.366 e. The van der Waals surface area contributed by atoms with Gasteiger partial charge in [-0.15, -0.1) is 0 Å². The first-order chi connectivity index (χ1) is 6.92. The maximum atomic E-state index is 13.2. The van der Waals surface area contributed by atoms with Crippen molar-refractivity contribution in [2.24, 2.45) is 4.99 Å². The molecule has 0 fully saturated rings. The topological polar surface area (TPSA) is 35.8 Å². The SMILES string of the molecule is OC1(C(Cl)Cl)CN2C=C(F)C=C(F)C2=N1. The molecule has 0 aromatic rings. The summed E-state index contributed by atoms with van der Waals surface area (Å²) in [4.78, 5) is 3.56. The maximum Gasteiger partial charge on any atom is 0.206 e. The highest BCUT2D eigenvalue weighted by Gasteiger charge is 2.44. The second-order valence-electron chi connectivity index (χ2n) is 3.25. The highest BCUT2D eigenvalue weighted by atomic mass is 35.5. The van der Waals surface area contributed by atoms with Crippen LogP contribution in [0.25, 0.3) is 0 Å². The maximum absolute atomic E-state index is 13.2. The Morgan fingerprint density at radius 2 is 2.20 bits per heavy atom. The Hall–Kier alpha value is -0.650. The van der Waals surface area contributed by atoms with E-state index in [1.54, 1.807) is 0 Å². The van der Waals surface area contributed by atoms with Crippen molar-refractivity contribution in [3.63, 3.8) is 0 Å². The van der Waals surface area contributed by atoms with Crippen molar-refractivity contribution in [1.29, 1.82) is 0 Å². The van der Waals surface area contributed by atoms with Crippen LogP contribution in [0.5, 0.6) is 0 Å². The van der Waals surface area contributed by atoms with E-state index in [0.717, 1.165) is 11.1 Å². The highest BCUT2D eigenvalue weighted by Crippen LogP contribution is 2.33. The third-order valence-electron chi connectivity index (χ3n) is 2.08. The molecule has 0 aromatic carbocycles. The lowest BCUT2D eigenvalue weighted by Gasteiger charge is -2.22. The van der Waals surface area contributed by atoms with Gasteiger partial charge in [0.2, 0.25) is 5.72 Å². The number of fused-ring (bicyclic) bond motifs is 1. The van der Waals surface area contributed by atoms with E-state index in [0.29, 0.717) is 6.08 Å². The molecule has 3 nitrogen and oxygen atoms in total. The van der Waals surface area contributed by atoms with E-state index in [1.165, 1.54) is 0 Å². The first kappa shape index (κ1) is 10.9. The lowest BCUT2D eigenvalue weighted by atomic mass is 10.2. The minimum atomic E-state index is -1.80. The molecule has 15 heavy (non-hydrogen) atoms. The van der Waals surface area contributed by atoms with Gasteiger partial charge in [-0.2, -0.15) is 0 Å². The van der Waals surface area contributed by atoms with E-state index in [2.05, 4.69) is 4.99 Å². The number of alkyl halides is 2. The van der Waals surface area contributed by atoms with E-state index in [-0.39, 0.29) is 12.4 Å². The summed E-state index contributed by atoms with van der Waals surface area (Å²) in [5.41, 5.74) is -1.80. The van der Waals surface area contributed by atoms with E-state index in [4.69, 9.17) is 23.2 Å². The summed E-state index contributed by atoms with van der Waals surface area (Å²) in [5, 5.41) is 9.76. The molecule has 2 aliphatic rings. The third-order valence-corrected chi connectivity index (χ3v) is 2.78. The van der Waals surface area contributed by atoms with E-state index >= 15 is 0 Å². The van der Waals surface area contributed by atoms with Gasteiger partial charge in [0.1, 0.15) is 5.83 Å². The van der Waals surface area contributed by atoms with Gasteiger partial charge in [-0.3, -0.25) is 0 Å². The summed E-state index contributed by atoms with van der Waals surface area (Å²) in [6, 6.07) is 0. The normalized spacial score (nSPS) is 30.0. The van der Waals surface area contributed by atoms with Crippen molar-refractivity contribution in [3.8, 4) is 0 Å². The van der Waals surface area contributed by atoms with Gasteiger partial charge in [0.25, 0.3) is 0 Å².